The number of hydrogen-bond donors (Lipinski definition) is 2. The molecule has 1 atom stereocenters. The lowest BCUT2D eigenvalue weighted by Gasteiger charge is -2.21. The second-order valence-corrected chi connectivity index (χ2v) is 4.33. The average molecular weight is 218 g/mol. The van der Waals surface area contributed by atoms with E-state index in [1.807, 2.05) is 32.0 Å². The van der Waals surface area contributed by atoms with Crippen LogP contribution in [0, 0.1) is 13.8 Å². The van der Waals surface area contributed by atoms with E-state index in [9.17, 15) is 9.59 Å². The molecule has 4 heteroatoms. The Labute approximate surface area is 94.0 Å². The Morgan fingerprint density at radius 2 is 1.81 bits per heavy atom. The normalized spacial score (nSPS) is 24.2. The van der Waals surface area contributed by atoms with Gasteiger partial charge in [-0.2, -0.15) is 0 Å². The Bertz CT molecular complexity index is 482. The molecule has 0 bridgehead atoms. The zero-order chi connectivity index (χ0) is 11.9. The molecule has 1 aliphatic heterocycles. The number of aryl methyl sites for hydroxylation is 2. The predicted octanol–water partition coefficient (Wildman–Crippen LogP) is 1.36. The summed E-state index contributed by atoms with van der Waals surface area (Å²) < 4.78 is 0. The van der Waals surface area contributed by atoms with Crippen LogP contribution in [0.4, 0.5) is 4.79 Å². The molecule has 84 valence electrons. The number of imide groups is 1. The molecule has 1 aromatic carbocycles. The minimum Gasteiger partial charge on any atom is -0.320 e. The van der Waals surface area contributed by atoms with Gasteiger partial charge >= 0.3 is 6.03 Å². The molecule has 2 N–H and O–H groups in total. The molecule has 0 saturated carbocycles. The van der Waals surface area contributed by atoms with E-state index in [1.165, 1.54) is 0 Å². The quantitative estimate of drug-likeness (QED) is 0.699. The van der Waals surface area contributed by atoms with Crippen LogP contribution < -0.4 is 10.6 Å². The van der Waals surface area contributed by atoms with Crippen molar-refractivity contribution in [2.75, 3.05) is 0 Å². The van der Waals surface area contributed by atoms with Crippen LogP contribution in [0.1, 0.15) is 23.6 Å². The first-order valence-electron chi connectivity index (χ1n) is 5.15. The lowest BCUT2D eigenvalue weighted by molar-refractivity contribution is -0.123. The number of carbonyl (C=O) groups is 2. The first-order chi connectivity index (χ1) is 7.43. The minimum absolute atomic E-state index is 0.305. The van der Waals surface area contributed by atoms with E-state index >= 15 is 0 Å². The second-order valence-electron chi connectivity index (χ2n) is 4.33. The monoisotopic (exact) mass is 218 g/mol. The van der Waals surface area contributed by atoms with Crippen LogP contribution in [0.2, 0.25) is 0 Å². The highest BCUT2D eigenvalue weighted by Crippen LogP contribution is 2.25. The fraction of sp³-hybridized carbons (Fsp3) is 0.333. The molecule has 16 heavy (non-hydrogen) atoms. The smallest absolute Gasteiger partial charge is 0.320 e. The highest BCUT2D eigenvalue weighted by atomic mass is 16.2. The van der Waals surface area contributed by atoms with Crippen LogP contribution in [0.15, 0.2) is 18.2 Å². The maximum atomic E-state index is 11.7. The molecule has 1 aromatic rings. The maximum Gasteiger partial charge on any atom is 0.322 e. The fourth-order valence-electron chi connectivity index (χ4n) is 1.80. The van der Waals surface area contributed by atoms with Crippen LogP contribution in [-0.4, -0.2) is 11.9 Å². The minimum atomic E-state index is -0.949. The summed E-state index contributed by atoms with van der Waals surface area (Å²) in [5.41, 5.74) is 2.12. The van der Waals surface area contributed by atoms with Crippen LogP contribution in [0.5, 0.6) is 0 Å². The van der Waals surface area contributed by atoms with Gasteiger partial charge in [0.15, 0.2) is 0 Å². The molecule has 0 radical (unpaired) electrons. The van der Waals surface area contributed by atoms with Crippen molar-refractivity contribution in [2.24, 2.45) is 0 Å². The van der Waals surface area contributed by atoms with E-state index in [4.69, 9.17) is 0 Å². The number of amides is 3. The van der Waals surface area contributed by atoms with E-state index in [-0.39, 0.29) is 5.91 Å². The van der Waals surface area contributed by atoms with Gasteiger partial charge in [-0.3, -0.25) is 10.1 Å². The van der Waals surface area contributed by atoms with Gasteiger partial charge in [0.25, 0.3) is 5.91 Å². The third kappa shape index (κ3) is 1.46. The molecule has 1 saturated heterocycles. The van der Waals surface area contributed by atoms with Crippen molar-refractivity contribution in [3.63, 3.8) is 0 Å². The third-order valence-corrected chi connectivity index (χ3v) is 3.13. The number of nitrogens with one attached hydrogen (secondary N) is 2. The molecule has 1 fully saturated rings. The molecule has 4 nitrogen and oxygen atoms in total. The number of hydrogen-bond acceptors (Lipinski definition) is 2. The van der Waals surface area contributed by atoms with Gasteiger partial charge in [-0.25, -0.2) is 4.79 Å². The van der Waals surface area contributed by atoms with Crippen LogP contribution >= 0.6 is 0 Å². The molecule has 1 heterocycles. The van der Waals surface area contributed by atoms with Crippen molar-refractivity contribution in [3.8, 4) is 0 Å². The second kappa shape index (κ2) is 3.33. The number of benzene rings is 1. The Hall–Kier alpha value is -1.84. The highest BCUT2D eigenvalue weighted by Gasteiger charge is 2.43. The van der Waals surface area contributed by atoms with Crippen LogP contribution in [0.25, 0.3) is 0 Å². The summed E-state index contributed by atoms with van der Waals surface area (Å²) in [7, 11) is 0. The topological polar surface area (TPSA) is 58.2 Å². The molecule has 0 spiro atoms. The fourth-order valence-corrected chi connectivity index (χ4v) is 1.80. The summed E-state index contributed by atoms with van der Waals surface area (Å²) in [5.74, 6) is -0.305. The van der Waals surface area contributed by atoms with E-state index in [2.05, 4.69) is 10.6 Å². The Morgan fingerprint density at radius 1 is 1.12 bits per heavy atom. The molecule has 2 rings (SSSR count). The SMILES string of the molecule is Cc1ccc([C@@]2(C)NC(=O)NC2=O)cc1C. The van der Waals surface area contributed by atoms with Gasteiger partial charge in [0.2, 0.25) is 0 Å². The Morgan fingerprint density at radius 3 is 2.31 bits per heavy atom. The largest absolute Gasteiger partial charge is 0.322 e. The van der Waals surface area contributed by atoms with E-state index in [0.29, 0.717) is 0 Å². The summed E-state index contributed by atoms with van der Waals surface area (Å²) in [6, 6.07) is 5.31. The Kier molecular flexibility index (Phi) is 2.22. The number of rotatable bonds is 1. The predicted molar refractivity (Wildman–Crippen MR) is 59.9 cm³/mol. The van der Waals surface area contributed by atoms with E-state index in [0.717, 1.165) is 16.7 Å². The van der Waals surface area contributed by atoms with Crippen molar-refractivity contribution in [3.05, 3.63) is 34.9 Å². The van der Waals surface area contributed by atoms with Crippen molar-refractivity contribution >= 4 is 11.9 Å². The van der Waals surface area contributed by atoms with Crippen molar-refractivity contribution in [2.45, 2.75) is 26.3 Å². The molecule has 0 aliphatic carbocycles. The van der Waals surface area contributed by atoms with Crippen LogP contribution in [0.3, 0.4) is 0 Å². The van der Waals surface area contributed by atoms with Crippen molar-refractivity contribution in [1.29, 1.82) is 0 Å². The molecular formula is C12H14N2O2. The zero-order valence-corrected chi connectivity index (χ0v) is 9.55. The first kappa shape index (κ1) is 10.7. The molecular weight excluding hydrogens is 204 g/mol. The average Bonchev–Trinajstić information content (AvgIpc) is 2.46. The summed E-state index contributed by atoms with van der Waals surface area (Å²) in [6.45, 7) is 5.70. The van der Waals surface area contributed by atoms with Crippen molar-refractivity contribution < 1.29 is 9.59 Å². The molecule has 1 aliphatic rings. The standard InChI is InChI=1S/C12H14N2O2/c1-7-4-5-9(6-8(7)2)12(3)10(15)13-11(16)14-12/h4-6H,1-3H3,(H2,13,14,15,16)/t12-/m1/s1. The lowest BCUT2D eigenvalue weighted by atomic mass is 9.90. The third-order valence-electron chi connectivity index (χ3n) is 3.13. The molecule has 0 unspecified atom stereocenters. The summed E-state index contributed by atoms with van der Waals surface area (Å²) in [5, 5.41) is 4.89. The lowest BCUT2D eigenvalue weighted by Crippen LogP contribution is -2.40. The van der Waals surface area contributed by atoms with E-state index in [1.54, 1.807) is 6.92 Å². The maximum absolute atomic E-state index is 11.7. The van der Waals surface area contributed by atoms with Gasteiger partial charge in [0, 0.05) is 0 Å². The summed E-state index contributed by atoms with van der Waals surface area (Å²) in [6.07, 6.45) is 0. The molecule has 0 aromatic heterocycles. The van der Waals surface area contributed by atoms with E-state index < -0.39 is 11.6 Å². The summed E-state index contributed by atoms with van der Waals surface area (Å²) in [4.78, 5) is 22.9. The van der Waals surface area contributed by atoms with Gasteiger partial charge < -0.3 is 5.32 Å². The number of carbonyl (C=O) groups excluding carboxylic acids is 2. The zero-order valence-electron chi connectivity index (χ0n) is 9.55. The summed E-state index contributed by atoms with van der Waals surface area (Å²) >= 11 is 0. The van der Waals surface area contributed by atoms with Crippen LogP contribution in [-0.2, 0) is 10.3 Å². The van der Waals surface area contributed by atoms with Gasteiger partial charge in [0.05, 0.1) is 0 Å². The van der Waals surface area contributed by atoms with Gasteiger partial charge in [-0.1, -0.05) is 18.2 Å². The van der Waals surface area contributed by atoms with Gasteiger partial charge in [-0.05, 0) is 37.5 Å². The van der Waals surface area contributed by atoms with Gasteiger partial charge in [-0.15, -0.1) is 0 Å². The van der Waals surface area contributed by atoms with Crippen molar-refractivity contribution in [1.82, 2.24) is 10.6 Å². The first-order valence-corrected chi connectivity index (χ1v) is 5.15. The number of urea groups is 1. The van der Waals surface area contributed by atoms with Gasteiger partial charge in [0.1, 0.15) is 5.54 Å². The Balaban J connectivity index is 2.47. The highest BCUT2D eigenvalue weighted by molar-refractivity contribution is 6.07. The molecule has 3 amide bonds.